The van der Waals surface area contributed by atoms with Gasteiger partial charge in [-0.05, 0) is 30.3 Å². The lowest BCUT2D eigenvalue weighted by Gasteiger charge is -2.00. The fourth-order valence-electron chi connectivity index (χ4n) is 1.80. The van der Waals surface area contributed by atoms with E-state index in [-0.39, 0.29) is 0 Å². The first kappa shape index (κ1) is 12.0. The van der Waals surface area contributed by atoms with E-state index in [2.05, 4.69) is 25.9 Å². The summed E-state index contributed by atoms with van der Waals surface area (Å²) in [5, 5.41) is 1.27. The average Bonchev–Trinajstić information content (AvgIpc) is 2.77. The normalized spacial score (nSPS) is 11.1. The van der Waals surface area contributed by atoms with E-state index in [0.717, 1.165) is 21.1 Å². The first-order chi connectivity index (χ1) is 8.65. The minimum absolute atomic E-state index is 0.626. The summed E-state index contributed by atoms with van der Waals surface area (Å²) >= 11 is 15.7. The Morgan fingerprint density at radius 3 is 2.67 bits per heavy atom. The molecule has 2 aromatic carbocycles. The van der Waals surface area contributed by atoms with E-state index in [4.69, 9.17) is 23.2 Å². The third-order valence-corrected chi connectivity index (χ3v) is 3.77. The molecule has 0 saturated carbocycles. The van der Waals surface area contributed by atoms with Gasteiger partial charge in [0.1, 0.15) is 11.3 Å². The molecule has 90 valence electrons. The third kappa shape index (κ3) is 2.03. The van der Waals surface area contributed by atoms with Crippen molar-refractivity contribution in [2.24, 2.45) is 0 Å². The van der Waals surface area contributed by atoms with Crippen molar-refractivity contribution in [1.82, 2.24) is 9.97 Å². The second-order valence-corrected chi connectivity index (χ2v) is 5.58. The topological polar surface area (TPSA) is 28.7 Å². The molecule has 0 aliphatic rings. The number of hydrogen-bond donors (Lipinski definition) is 1. The van der Waals surface area contributed by atoms with E-state index in [9.17, 15) is 0 Å². The van der Waals surface area contributed by atoms with Crippen LogP contribution < -0.4 is 0 Å². The lowest BCUT2D eigenvalue weighted by molar-refractivity contribution is 1.33. The number of nitrogens with zero attached hydrogens (tertiary/aromatic N) is 1. The molecule has 0 unspecified atom stereocenters. The van der Waals surface area contributed by atoms with Crippen LogP contribution in [0.25, 0.3) is 22.4 Å². The number of nitrogens with one attached hydrogen (secondary N) is 1. The lowest BCUT2D eigenvalue weighted by Crippen LogP contribution is -1.82. The number of rotatable bonds is 1. The van der Waals surface area contributed by atoms with Crippen LogP contribution in [-0.2, 0) is 0 Å². The summed E-state index contributed by atoms with van der Waals surface area (Å²) in [5.41, 5.74) is 2.50. The predicted octanol–water partition coefficient (Wildman–Crippen LogP) is 5.30. The number of H-pyrrole nitrogens is 1. The third-order valence-electron chi connectivity index (χ3n) is 2.65. The number of para-hydroxylation sites is 1. The van der Waals surface area contributed by atoms with Crippen LogP contribution in [0.5, 0.6) is 0 Å². The van der Waals surface area contributed by atoms with E-state index >= 15 is 0 Å². The van der Waals surface area contributed by atoms with Crippen molar-refractivity contribution in [2.75, 3.05) is 0 Å². The molecule has 18 heavy (non-hydrogen) atoms. The summed E-state index contributed by atoms with van der Waals surface area (Å²) in [6, 6.07) is 11.3. The van der Waals surface area contributed by atoms with E-state index in [1.54, 1.807) is 0 Å². The lowest BCUT2D eigenvalue weighted by atomic mass is 10.2. The van der Waals surface area contributed by atoms with Crippen LogP contribution in [-0.4, -0.2) is 9.97 Å². The van der Waals surface area contributed by atoms with Crippen molar-refractivity contribution < 1.29 is 0 Å². The quantitative estimate of drug-likeness (QED) is 0.639. The van der Waals surface area contributed by atoms with Gasteiger partial charge in [0.25, 0.3) is 0 Å². The Kier molecular flexibility index (Phi) is 3.06. The second-order valence-electron chi connectivity index (χ2n) is 3.85. The molecular weight excluding hydrogens is 335 g/mol. The highest BCUT2D eigenvalue weighted by Crippen LogP contribution is 2.31. The molecule has 5 heteroatoms. The number of aromatic amines is 1. The predicted molar refractivity (Wildman–Crippen MR) is 79.2 cm³/mol. The summed E-state index contributed by atoms with van der Waals surface area (Å²) in [6.45, 7) is 0. The molecule has 1 N–H and O–H groups in total. The number of imidazole rings is 1. The van der Waals surface area contributed by atoms with Crippen molar-refractivity contribution in [1.29, 1.82) is 0 Å². The molecule has 2 nitrogen and oxygen atoms in total. The SMILES string of the molecule is Clc1ccc(Br)cc1-c1nc2c(Cl)cccc2[nH]1. The summed E-state index contributed by atoms with van der Waals surface area (Å²) < 4.78 is 0.952. The highest BCUT2D eigenvalue weighted by molar-refractivity contribution is 9.10. The monoisotopic (exact) mass is 340 g/mol. The van der Waals surface area contributed by atoms with Crippen LogP contribution in [0.1, 0.15) is 0 Å². The van der Waals surface area contributed by atoms with E-state index in [1.807, 2.05) is 36.4 Å². The second kappa shape index (κ2) is 4.57. The van der Waals surface area contributed by atoms with Gasteiger partial charge in [0, 0.05) is 10.0 Å². The molecule has 0 bridgehead atoms. The van der Waals surface area contributed by atoms with Crippen LogP contribution >= 0.6 is 39.1 Å². The highest BCUT2D eigenvalue weighted by Gasteiger charge is 2.11. The fraction of sp³-hybridized carbons (Fsp3) is 0. The Hall–Kier alpha value is -1.03. The van der Waals surface area contributed by atoms with Gasteiger partial charge in [0.05, 0.1) is 15.6 Å². The first-order valence-corrected chi connectivity index (χ1v) is 6.80. The summed E-state index contributed by atoms with van der Waals surface area (Å²) in [4.78, 5) is 7.71. The fourth-order valence-corrected chi connectivity index (χ4v) is 2.59. The summed E-state index contributed by atoms with van der Waals surface area (Å²) in [6.07, 6.45) is 0. The Morgan fingerprint density at radius 2 is 1.89 bits per heavy atom. The number of fused-ring (bicyclic) bond motifs is 1. The van der Waals surface area contributed by atoms with Crippen molar-refractivity contribution in [3.8, 4) is 11.4 Å². The number of hydrogen-bond acceptors (Lipinski definition) is 1. The number of halogens is 3. The first-order valence-electron chi connectivity index (χ1n) is 5.25. The van der Waals surface area contributed by atoms with Gasteiger partial charge in [-0.3, -0.25) is 0 Å². The van der Waals surface area contributed by atoms with Gasteiger partial charge in [0.15, 0.2) is 0 Å². The zero-order valence-corrected chi connectivity index (χ0v) is 12.1. The molecule has 0 saturated heterocycles. The largest absolute Gasteiger partial charge is 0.338 e. The highest BCUT2D eigenvalue weighted by atomic mass is 79.9. The van der Waals surface area contributed by atoms with Crippen molar-refractivity contribution in [3.05, 3.63) is 50.9 Å². The van der Waals surface area contributed by atoms with Crippen LogP contribution in [0, 0.1) is 0 Å². The van der Waals surface area contributed by atoms with Gasteiger partial charge in [-0.15, -0.1) is 0 Å². The molecule has 0 fully saturated rings. The molecular formula is C13H7BrCl2N2. The zero-order chi connectivity index (χ0) is 12.7. The molecule has 0 spiro atoms. The van der Waals surface area contributed by atoms with Gasteiger partial charge in [-0.25, -0.2) is 4.98 Å². The van der Waals surface area contributed by atoms with Crippen LogP contribution in [0.4, 0.5) is 0 Å². The Morgan fingerprint density at radius 1 is 1.06 bits per heavy atom. The molecule has 0 amide bonds. The van der Waals surface area contributed by atoms with Gasteiger partial charge in [-0.2, -0.15) is 0 Å². The van der Waals surface area contributed by atoms with Crippen LogP contribution in [0.3, 0.4) is 0 Å². The molecule has 0 aliphatic carbocycles. The molecule has 1 heterocycles. The van der Waals surface area contributed by atoms with Gasteiger partial charge < -0.3 is 4.98 Å². The molecule has 0 aliphatic heterocycles. The minimum atomic E-state index is 0.626. The van der Waals surface area contributed by atoms with E-state index < -0.39 is 0 Å². The number of benzene rings is 2. The summed E-state index contributed by atoms with van der Waals surface area (Å²) in [7, 11) is 0. The van der Waals surface area contributed by atoms with Gasteiger partial charge >= 0.3 is 0 Å². The Labute approximate surface area is 122 Å². The molecule has 1 aromatic heterocycles. The van der Waals surface area contributed by atoms with E-state index in [1.165, 1.54) is 0 Å². The molecule has 3 rings (SSSR count). The zero-order valence-electron chi connectivity index (χ0n) is 9.05. The van der Waals surface area contributed by atoms with Crippen LogP contribution in [0.2, 0.25) is 10.0 Å². The van der Waals surface area contributed by atoms with Gasteiger partial charge in [-0.1, -0.05) is 45.2 Å². The van der Waals surface area contributed by atoms with Crippen molar-refractivity contribution in [3.63, 3.8) is 0 Å². The average molecular weight is 342 g/mol. The van der Waals surface area contributed by atoms with Gasteiger partial charge in [0.2, 0.25) is 0 Å². The maximum atomic E-state index is 6.18. The van der Waals surface area contributed by atoms with Crippen molar-refractivity contribution in [2.45, 2.75) is 0 Å². The smallest absolute Gasteiger partial charge is 0.140 e. The van der Waals surface area contributed by atoms with Crippen molar-refractivity contribution >= 4 is 50.2 Å². The molecule has 0 radical (unpaired) electrons. The Balaban J connectivity index is 2.26. The summed E-state index contributed by atoms with van der Waals surface area (Å²) in [5.74, 6) is 0.712. The maximum Gasteiger partial charge on any atom is 0.140 e. The minimum Gasteiger partial charge on any atom is -0.338 e. The van der Waals surface area contributed by atoms with Crippen LogP contribution in [0.15, 0.2) is 40.9 Å². The van der Waals surface area contributed by atoms with E-state index in [0.29, 0.717) is 15.9 Å². The maximum absolute atomic E-state index is 6.18. The Bertz CT molecular complexity index is 737. The standard InChI is InChI=1S/C13H7BrCl2N2/c14-7-4-5-9(15)8(6-7)13-17-11-3-1-2-10(16)12(11)18-13/h1-6H,(H,17,18). The molecule has 3 aromatic rings. The molecule has 0 atom stereocenters. The number of aromatic nitrogens is 2.